The number of pyridine rings is 1. The maximum absolute atomic E-state index is 13.6. The number of benzene rings is 1. The van der Waals surface area contributed by atoms with Crippen molar-refractivity contribution < 1.29 is 9.13 Å². The van der Waals surface area contributed by atoms with Gasteiger partial charge in [0.1, 0.15) is 17.7 Å². The fourth-order valence-corrected chi connectivity index (χ4v) is 2.91. The molecule has 7 heteroatoms. The van der Waals surface area contributed by atoms with E-state index in [1.54, 1.807) is 31.7 Å². The van der Waals surface area contributed by atoms with Crippen LogP contribution in [0.2, 0.25) is 10.0 Å². The monoisotopic (exact) mass is 351 g/mol. The fourth-order valence-electron chi connectivity index (χ4n) is 2.23. The van der Waals surface area contributed by atoms with Crippen LogP contribution < -0.4 is 4.74 Å². The molecule has 0 bridgehead atoms. The number of halogens is 3. The van der Waals surface area contributed by atoms with Gasteiger partial charge in [-0.1, -0.05) is 23.2 Å². The Morgan fingerprint density at radius 2 is 2.00 bits per heavy atom. The molecule has 4 nitrogen and oxygen atoms in total. The highest BCUT2D eigenvalue weighted by Gasteiger charge is 2.19. The third-order valence-electron chi connectivity index (χ3n) is 3.34. The molecule has 23 heavy (non-hydrogen) atoms. The van der Waals surface area contributed by atoms with E-state index in [2.05, 4.69) is 15.2 Å². The van der Waals surface area contributed by atoms with Crippen molar-refractivity contribution in [2.24, 2.45) is 0 Å². The molecular weight excluding hydrogens is 340 g/mol. The molecule has 0 saturated heterocycles. The molecule has 0 amide bonds. The van der Waals surface area contributed by atoms with Gasteiger partial charge in [0.2, 0.25) is 0 Å². The van der Waals surface area contributed by atoms with E-state index < -0.39 is 11.9 Å². The molecule has 0 spiro atoms. The molecule has 0 radical (unpaired) electrons. The Kier molecular flexibility index (Phi) is 4.50. The Labute approximate surface area is 142 Å². The van der Waals surface area contributed by atoms with Gasteiger partial charge in [0.25, 0.3) is 0 Å². The molecule has 1 aromatic carbocycles. The highest BCUT2D eigenvalue weighted by molar-refractivity contribution is 6.36. The maximum atomic E-state index is 13.6. The standard InChI is InChI=1S/C16H12Cl2FN3O/c1-9(15-13(17)2-3-14(19)16(15)18)23-12-4-10(5-20-8-12)11-6-21-22-7-11/h2-9H,1H3,(H,21,22)/t9-/m1/s1. The number of nitrogens with one attached hydrogen (secondary N) is 1. The zero-order valence-corrected chi connectivity index (χ0v) is 13.6. The molecule has 3 aromatic rings. The lowest BCUT2D eigenvalue weighted by Crippen LogP contribution is -2.06. The number of nitrogens with zero attached hydrogens (tertiary/aromatic N) is 2. The van der Waals surface area contributed by atoms with Gasteiger partial charge in [0.05, 0.1) is 17.4 Å². The number of ether oxygens (including phenoxy) is 1. The van der Waals surface area contributed by atoms with Crippen molar-refractivity contribution in [3.05, 3.63) is 64.4 Å². The summed E-state index contributed by atoms with van der Waals surface area (Å²) in [6, 6.07) is 4.50. The van der Waals surface area contributed by atoms with Crippen LogP contribution in [-0.4, -0.2) is 15.2 Å². The molecule has 0 aliphatic carbocycles. The lowest BCUT2D eigenvalue weighted by atomic mass is 10.1. The van der Waals surface area contributed by atoms with Gasteiger partial charge >= 0.3 is 0 Å². The Balaban J connectivity index is 1.88. The number of hydrogen-bond donors (Lipinski definition) is 1. The third-order valence-corrected chi connectivity index (χ3v) is 4.06. The second-order valence-electron chi connectivity index (χ2n) is 4.91. The van der Waals surface area contributed by atoms with Crippen LogP contribution in [0, 0.1) is 5.82 Å². The molecule has 1 N–H and O–H groups in total. The summed E-state index contributed by atoms with van der Waals surface area (Å²) in [6.45, 7) is 1.75. The number of hydrogen-bond acceptors (Lipinski definition) is 3. The third kappa shape index (κ3) is 3.30. The Morgan fingerprint density at radius 1 is 1.17 bits per heavy atom. The molecule has 0 saturated carbocycles. The van der Waals surface area contributed by atoms with Crippen molar-refractivity contribution in [3.63, 3.8) is 0 Å². The first-order chi connectivity index (χ1) is 11.1. The van der Waals surface area contributed by atoms with E-state index in [9.17, 15) is 4.39 Å². The minimum Gasteiger partial charge on any atom is -0.484 e. The molecule has 0 aliphatic heterocycles. The summed E-state index contributed by atoms with van der Waals surface area (Å²) in [5.41, 5.74) is 2.14. The average Bonchev–Trinajstić information content (AvgIpc) is 3.06. The van der Waals surface area contributed by atoms with Crippen molar-refractivity contribution in [1.29, 1.82) is 0 Å². The van der Waals surface area contributed by atoms with Gasteiger partial charge in [-0.3, -0.25) is 10.1 Å². The molecule has 0 fully saturated rings. The van der Waals surface area contributed by atoms with Gasteiger partial charge in [-0.05, 0) is 25.1 Å². The van der Waals surface area contributed by atoms with E-state index in [4.69, 9.17) is 27.9 Å². The van der Waals surface area contributed by atoms with Crippen LogP contribution in [0.5, 0.6) is 5.75 Å². The van der Waals surface area contributed by atoms with Gasteiger partial charge in [-0.2, -0.15) is 5.10 Å². The molecule has 0 aliphatic rings. The Hall–Kier alpha value is -2.11. The molecule has 2 aromatic heterocycles. The summed E-state index contributed by atoms with van der Waals surface area (Å²) in [5.74, 6) is -0.0145. The smallest absolute Gasteiger partial charge is 0.142 e. The fraction of sp³-hybridized carbons (Fsp3) is 0.125. The van der Waals surface area contributed by atoms with Gasteiger partial charge in [0, 0.05) is 34.1 Å². The second kappa shape index (κ2) is 6.56. The zero-order valence-electron chi connectivity index (χ0n) is 12.1. The highest BCUT2D eigenvalue weighted by atomic mass is 35.5. The summed E-state index contributed by atoms with van der Waals surface area (Å²) in [5, 5.41) is 6.95. The summed E-state index contributed by atoms with van der Waals surface area (Å²) in [4.78, 5) is 4.14. The van der Waals surface area contributed by atoms with E-state index in [0.717, 1.165) is 11.1 Å². The lowest BCUT2D eigenvalue weighted by Gasteiger charge is -2.18. The Morgan fingerprint density at radius 3 is 2.74 bits per heavy atom. The topological polar surface area (TPSA) is 50.8 Å². The second-order valence-corrected chi connectivity index (χ2v) is 5.70. The van der Waals surface area contributed by atoms with Crippen LogP contribution >= 0.6 is 23.2 Å². The van der Waals surface area contributed by atoms with Crippen molar-refractivity contribution >= 4 is 23.2 Å². The first kappa shape index (κ1) is 15.8. The van der Waals surface area contributed by atoms with Crippen LogP contribution in [0.4, 0.5) is 4.39 Å². The van der Waals surface area contributed by atoms with E-state index in [1.165, 1.54) is 12.1 Å². The number of rotatable bonds is 4. The van der Waals surface area contributed by atoms with Crippen LogP contribution in [-0.2, 0) is 0 Å². The van der Waals surface area contributed by atoms with Crippen LogP contribution in [0.3, 0.4) is 0 Å². The van der Waals surface area contributed by atoms with Crippen molar-refractivity contribution in [3.8, 4) is 16.9 Å². The van der Waals surface area contributed by atoms with Crippen molar-refractivity contribution in [2.75, 3.05) is 0 Å². The van der Waals surface area contributed by atoms with E-state index in [1.807, 2.05) is 6.07 Å². The molecular formula is C16H12Cl2FN3O. The first-order valence-electron chi connectivity index (χ1n) is 6.80. The number of aromatic amines is 1. The summed E-state index contributed by atoms with van der Waals surface area (Å²) >= 11 is 12.1. The predicted octanol–water partition coefficient (Wildman–Crippen LogP) is 5.06. The quantitative estimate of drug-likeness (QED) is 0.668. The molecule has 0 unspecified atom stereocenters. The SMILES string of the molecule is C[C@@H](Oc1cncc(-c2cn[nH]c2)c1)c1c(Cl)ccc(F)c1Cl. The first-order valence-corrected chi connectivity index (χ1v) is 7.56. The van der Waals surface area contributed by atoms with Crippen LogP contribution in [0.25, 0.3) is 11.1 Å². The summed E-state index contributed by atoms with van der Waals surface area (Å²) in [7, 11) is 0. The van der Waals surface area contributed by atoms with Gasteiger partial charge in [-0.25, -0.2) is 4.39 Å². The molecule has 2 heterocycles. The van der Waals surface area contributed by atoms with Crippen molar-refractivity contribution in [1.82, 2.24) is 15.2 Å². The minimum absolute atomic E-state index is 0.0380. The highest BCUT2D eigenvalue weighted by Crippen LogP contribution is 2.35. The Bertz CT molecular complexity index is 824. The predicted molar refractivity (Wildman–Crippen MR) is 87.3 cm³/mol. The van der Waals surface area contributed by atoms with E-state index in [-0.39, 0.29) is 5.02 Å². The van der Waals surface area contributed by atoms with E-state index in [0.29, 0.717) is 16.3 Å². The lowest BCUT2D eigenvalue weighted by molar-refractivity contribution is 0.226. The molecule has 118 valence electrons. The van der Waals surface area contributed by atoms with E-state index >= 15 is 0 Å². The summed E-state index contributed by atoms with van der Waals surface area (Å²) < 4.78 is 19.5. The normalized spacial score (nSPS) is 12.2. The molecule has 3 rings (SSSR count). The van der Waals surface area contributed by atoms with Crippen LogP contribution in [0.1, 0.15) is 18.6 Å². The maximum Gasteiger partial charge on any atom is 0.142 e. The largest absolute Gasteiger partial charge is 0.484 e. The minimum atomic E-state index is -0.535. The molecule has 1 atom stereocenters. The number of H-pyrrole nitrogens is 1. The van der Waals surface area contributed by atoms with Gasteiger partial charge < -0.3 is 4.74 Å². The number of aromatic nitrogens is 3. The van der Waals surface area contributed by atoms with Crippen LogP contribution in [0.15, 0.2) is 43.0 Å². The van der Waals surface area contributed by atoms with Gasteiger partial charge in [0.15, 0.2) is 0 Å². The van der Waals surface area contributed by atoms with Crippen molar-refractivity contribution in [2.45, 2.75) is 13.0 Å². The summed E-state index contributed by atoms with van der Waals surface area (Å²) in [6.07, 6.45) is 6.17. The van der Waals surface area contributed by atoms with Gasteiger partial charge in [-0.15, -0.1) is 0 Å². The zero-order chi connectivity index (χ0) is 16.4. The average molecular weight is 352 g/mol.